The highest BCUT2D eigenvalue weighted by Gasteiger charge is 2.59. The Balaban J connectivity index is 1.78. The number of nitrogens with one attached hydrogen (secondary N) is 1. The molecular formula is C18H21N3O. The van der Waals surface area contributed by atoms with Crippen LogP contribution in [0.15, 0.2) is 29.4 Å². The summed E-state index contributed by atoms with van der Waals surface area (Å²) in [6.45, 7) is 6.89. The number of benzene rings is 1. The first-order valence-electron chi connectivity index (χ1n) is 7.76. The lowest BCUT2D eigenvalue weighted by atomic mass is 9.70. The quantitative estimate of drug-likeness (QED) is 0.849. The van der Waals surface area contributed by atoms with Gasteiger partial charge in [0, 0.05) is 16.7 Å². The van der Waals surface area contributed by atoms with Gasteiger partial charge in [0.05, 0.1) is 11.6 Å². The molecule has 0 radical (unpaired) electrons. The van der Waals surface area contributed by atoms with Gasteiger partial charge in [-0.3, -0.25) is 4.79 Å². The average Bonchev–Trinajstić information content (AvgIpc) is 2.85. The Morgan fingerprint density at radius 1 is 1.41 bits per heavy atom. The maximum atomic E-state index is 12.2. The third-order valence-corrected chi connectivity index (χ3v) is 6.06. The lowest BCUT2D eigenvalue weighted by molar-refractivity contribution is 0.0954. The molecule has 2 fully saturated rings. The molecule has 0 spiro atoms. The number of amides is 1. The summed E-state index contributed by atoms with van der Waals surface area (Å²) in [6.07, 6.45) is 3.37. The molecule has 3 rings (SSSR count). The van der Waals surface area contributed by atoms with Crippen molar-refractivity contribution in [3.05, 3.63) is 35.4 Å². The molecule has 4 nitrogen and oxygen atoms in total. The minimum absolute atomic E-state index is 0.0828. The van der Waals surface area contributed by atoms with Crippen molar-refractivity contribution in [1.82, 2.24) is 5.43 Å². The lowest BCUT2D eigenvalue weighted by Gasteiger charge is -2.34. The van der Waals surface area contributed by atoms with E-state index in [-0.39, 0.29) is 16.7 Å². The number of fused-ring (bicyclic) bond motifs is 2. The Morgan fingerprint density at radius 2 is 2.18 bits per heavy atom. The number of carbonyl (C=O) groups is 1. The summed E-state index contributed by atoms with van der Waals surface area (Å²) >= 11 is 0. The van der Waals surface area contributed by atoms with Crippen LogP contribution in [0.1, 0.15) is 56.0 Å². The topological polar surface area (TPSA) is 65.2 Å². The Kier molecular flexibility index (Phi) is 3.32. The molecule has 0 aliphatic heterocycles. The molecule has 2 saturated carbocycles. The maximum absolute atomic E-state index is 12.2. The van der Waals surface area contributed by atoms with Crippen LogP contribution >= 0.6 is 0 Å². The van der Waals surface area contributed by atoms with Crippen molar-refractivity contribution in [3.8, 4) is 6.07 Å². The van der Waals surface area contributed by atoms with E-state index in [1.807, 2.05) is 6.07 Å². The van der Waals surface area contributed by atoms with Crippen LogP contribution in [0.3, 0.4) is 0 Å². The molecule has 2 atom stereocenters. The molecule has 0 saturated heterocycles. The van der Waals surface area contributed by atoms with Gasteiger partial charge in [-0.15, -0.1) is 0 Å². The second-order valence-electron chi connectivity index (χ2n) is 7.19. The summed E-state index contributed by atoms with van der Waals surface area (Å²) in [5, 5.41) is 13.3. The zero-order valence-electron chi connectivity index (χ0n) is 13.3. The molecule has 0 unspecified atom stereocenters. The maximum Gasteiger partial charge on any atom is 0.271 e. The van der Waals surface area contributed by atoms with Crippen LogP contribution in [-0.2, 0) is 0 Å². The SMILES string of the molecule is CC1(C)[C@@H]2CC[C@@]1(C)/C(=N/NC(=O)c1cccc(C#N)c1)C2. The third kappa shape index (κ3) is 2.04. The molecule has 1 N–H and O–H groups in total. The highest BCUT2D eigenvalue weighted by atomic mass is 16.2. The number of hydrazone groups is 1. The first kappa shape index (κ1) is 14.8. The van der Waals surface area contributed by atoms with Gasteiger partial charge in [0.15, 0.2) is 0 Å². The van der Waals surface area contributed by atoms with Crippen molar-refractivity contribution >= 4 is 11.6 Å². The standard InChI is InChI=1S/C18H21N3O/c1-17(2)14-7-8-18(17,3)15(10-14)20-21-16(22)13-6-4-5-12(9-13)11-19/h4-6,9,14H,7-8,10H2,1-3H3,(H,21,22)/b20-15+/t14-,18+/m1/s1. The molecule has 1 aromatic rings. The number of nitrogens with zero attached hydrogens (tertiary/aromatic N) is 2. The van der Waals surface area contributed by atoms with Gasteiger partial charge in [-0.1, -0.05) is 26.8 Å². The minimum atomic E-state index is -0.256. The summed E-state index contributed by atoms with van der Waals surface area (Å²) < 4.78 is 0. The van der Waals surface area contributed by atoms with Crippen LogP contribution in [0, 0.1) is 28.1 Å². The molecule has 1 amide bonds. The normalized spacial score (nSPS) is 30.3. The second kappa shape index (κ2) is 4.95. The van der Waals surface area contributed by atoms with E-state index in [0.29, 0.717) is 17.0 Å². The van der Waals surface area contributed by atoms with E-state index < -0.39 is 0 Å². The van der Waals surface area contributed by atoms with Gasteiger partial charge in [0.25, 0.3) is 5.91 Å². The average molecular weight is 295 g/mol. The van der Waals surface area contributed by atoms with Crippen molar-refractivity contribution in [2.45, 2.75) is 40.0 Å². The molecule has 2 aliphatic rings. The predicted molar refractivity (Wildman–Crippen MR) is 85.3 cm³/mol. The van der Waals surface area contributed by atoms with Crippen LogP contribution in [0.2, 0.25) is 0 Å². The van der Waals surface area contributed by atoms with E-state index in [9.17, 15) is 4.79 Å². The van der Waals surface area contributed by atoms with Gasteiger partial charge in [0.2, 0.25) is 0 Å². The first-order chi connectivity index (χ1) is 10.4. The second-order valence-corrected chi connectivity index (χ2v) is 7.19. The highest BCUT2D eigenvalue weighted by molar-refractivity contribution is 5.98. The molecular weight excluding hydrogens is 274 g/mol. The fourth-order valence-corrected chi connectivity index (χ4v) is 4.01. The van der Waals surface area contributed by atoms with E-state index in [2.05, 4.69) is 31.3 Å². The zero-order valence-corrected chi connectivity index (χ0v) is 13.3. The van der Waals surface area contributed by atoms with Crippen molar-refractivity contribution in [1.29, 1.82) is 5.26 Å². The van der Waals surface area contributed by atoms with E-state index in [4.69, 9.17) is 5.26 Å². The first-order valence-corrected chi connectivity index (χ1v) is 7.76. The number of hydrogen-bond acceptors (Lipinski definition) is 3. The molecule has 114 valence electrons. The Labute approximate surface area is 131 Å². The Morgan fingerprint density at radius 3 is 2.77 bits per heavy atom. The van der Waals surface area contributed by atoms with Crippen LogP contribution in [0.25, 0.3) is 0 Å². The van der Waals surface area contributed by atoms with Gasteiger partial charge in [0.1, 0.15) is 0 Å². The van der Waals surface area contributed by atoms with Crippen molar-refractivity contribution in [3.63, 3.8) is 0 Å². The van der Waals surface area contributed by atoms with Crippen LogP contribution in [-0.4, -0.2) is 11.6 Å². The summed E-state index contributed by atoms with van der Waals surface area (Å²) in [6, 6.07) is 8.72. The van der Waals surface area contributed by atoms with Gasteiger partial charge < -0.3 is 0 Å². The Bertz CT molecular complexity index is 699. The van der Waals surface area contributed by atoms with Crippen LogP contribution < -0.4 is 5.43 Å². The van der Waals surface area contributed by atoms with Crippen molar-refractivity contribution < 1.29 is 4.79 Å². The van der Waals surface area contributed by atoms with E-state index in [0.717, 1.165) is 18.6 Å². The van der Waals surface area contributed by atoms with E-state index in [1.165, 1.54) is 6.42 Å². The van der Waals surface area contributed by atoms with Crippen molar-refractivity contribution in [2.24, 2.45) is 21.8 Å². The van der Waals surface area contributed by atoms with Gasteiger partial charge >= 0.3 is 0 Å². The van der Waals surface area contributed by atoms with Gasteiger partial charge in [-0.2, -0.15) is 10.4 Å². The van der Waals surface area contributed by atoms with E-state index in [1.54, 1.807) is 24.3 Å². The minimum Gasteiger partial charge on any atom is -0.267 e. The Hall–Kier alpha value is -2.15. The number of nitriles is 1. The van der Waals surface area contributed by atoms with E-state index >= 15 is 0 Å². The molecule has 2 aliphatic carbocycles. The smallest absolute Gasteiger partial charge is 0.267 e. The fraction of sp³-hybridized carbons (Fsp3) is 0.500. The third-order valence-electron chi connectivity index (χ3n) is 6.06. The summed E-state index contributed by atoms with van der Waals surface area (Å²) in [5.41, 5.74) is 5.07. The molecule has 0 aromatic heterocycles. The lowest BCUT2D eigenvalue weighted by Crippen LogP contribution is -2.34. The van der Waals surface area contributed by atoms with Crippen molar-refractivity contribution in [2.75, 3.05) is 0 Å². The van der Waals surface area contributed by atoms with Gasteiger partial charge in [-0.05, 0) is 48.8 Å². The van der Waals surface area contributed by atoms with Crippen LogP contribution in [0.4, 0.5) is 0 Å². The predicted octanol–water partition coefficient (Wildman–Crippen LogP) is 3.49. The molecule has 2 bridgehead atoms. The number of rotatable bonds is 2. The molecule has 4 heteroatoms. The number of hydrogen-bond donors (Lipinski definition) is 1. The zero-order chi connectivity index (χ0) is 16.0. The summed E-state index contributed by atoms with van der Waals surface area (Å²) in [4.78, 5) is 12.2. The highest BCUT2D eigenvalue weighted by Crippen LogP contribution is 2.63. The van der Waals surface area contributed by atoms with Crippen LogP contribution in [0.5, 0.6) is 0 Å². The molecule has 0 heterocycles. The van der Waals surface area contributed by atoms with Gasteiger partial charge in [-0.25, -0.2) is 5.43 Å². The largest absolute Gasteiger partial charge is 0.271 e. The number of carbonyl (C=O) groups excluding carboxylic acids is 1. The summed E-state index contributed by atoms with van der Waals surface area (Å²) in [7, 11) is 0. The molecule has 1 aromatic carbocycles. The summed E-state index contributed by atoms with van der Waals surface area (Å²) in [5.74, 6) is 0.406. The molecule has 22 heavy (non-hydrogen) atoms. The fourth-order valence-electron chi connectivity index (χ4n) is 4.01. The monoisotopic (exact) mass is 295 g/mol.